The second kappa shape index (κ2) is 6.77. The summed E-state index contributed by atoms with van der Waals surface area (Å²) in [6, 6.07) is 16.6. The van der Waals surface area contributed by atoms with Crippen molar-refractivity contribution in [2.45, 2.75) is 21.6 Å². The number of rotatable bonds is 2. The summed E-state index contributed by atoms with van der Waals surface area (Å²) >= 11 is 6.21. The Labute approximate surface area is 129 Å². The first-order valence-electron chi connectivity index (χ1n) is 4.78. The normalized spacial score (nSPS) is 9.62. The molecule has 2 aromatic rings. The Morgan fingerprint density at radius 3 is 2.38 bits per heavy atom. The quantitative estimate of drug-likeness (QED) is 0.630. The molecule has 0 radical (unpaired) electrons. The van der Waals surface area contributed by atoms with Gasteiger partial charge in [-0.3, -0.25) is 0 Å². The second-order valence-electron chi connectivity index (χ2n) is 3.39. The van der Waals surface area contributed by atoms with E-state index < -0.39 is 0 Å². The molecule has 78 valence electrons. The van der Waals surface area contributed by atoms with Crippen LogP contribution in [0.15, 0.2) is 63.2 Å². The molecular formula is C13H13NaS2. The molecule has 0 amide bonds. The molecule has 0 aromatic heterocycles. The van der Waals surface area contributed by atoms with Gasteiger partial charge in [-0.15, -0.1) is 12.6 Å². The Morgan fingerprint density at radius 1 is 1.00 bits per heavy atom. The van der Waals surface area contributed by atoms with Crippen LogP contribution in [0.2, 0.25) is 0 Å². The van der Waals surface area contributed by atoms with Crippen LogP contribution in [0.5, 0.6) is 0 Å². The Balaban J connectivity index is 0.00000128. The van der Waals surface area contributed by atoms with Crippen molar-refractivity contribution in [2.24, 2.45) is 0 Å². The summed E-state index contributed by atoms with van der Waals surface area (Å²) in [6.45, 7) is 2.10. The maximum absolute atomic E-state index is 4.45. The van der Waals surface area contributed by atoms with Crippen molar-refractivity contribution in [3.8, 4) is 0 Å². The van der Waals surface area contributed by atoms with Gasteiger partial charge < -0.3 is 0 Å². The van der Waals surface area contributed by atoms with Crippen LogP contribution in [0.3, 0.4) is 0 Å². The SMILES string of the molecule is Cc1ccc(S)c(Sc2ccccc2)c1.[NaH]. The fourth-order valence-electron chi connectivity index (χ4n) is 1.32. The number of thiol groups is 1. The van der Waals surface area contributed by atoms with Gasteiger partial charge in [-0.2, -0.15) is 0 Å². The van der Waals surface area contributed by atoms with Gasteiger partial charge in [0, 0.05) is 14.7 Å². The van der Waals surface area contributed by atoms with Gasteiger partial charge in [-0.1, -0.05) is 36.0 Å². The molecule has 0 N–H and O–H groups in total. The van der Waals surface area contributed by atoms with Gasteiger partial charge in [0.15, 0.2) is 0 Å². The van der Waals surface area contributed by atoms with Gasteiger partial charge in [-0.25, -0.2) is 0 Å². The molecule has 0 atom stereocenters. The predicted octanol–water partition coefficient (Wildman–Crippen LogP) is 3.79. The third-order valence-corrected chi connectivity index (χ3v) is 3.69. The van der Waals surface area contributed by atoms with Crippen molar-refractivity contribution in [3.63, 3.8) is 0 Å². The molecular weight excluding hydrogens is 243 g/mol. The number of benzene rings is 2. The summed E-state index contributed by atoms with van der Waals surface area (Å²) in [5, 5.41) is 0. The maximum atomic E-state index is 4.45. The minimum atomic E-state index is 0. The summed E-state index contributed by atoms with van der Waals surface area (Å²) in [6.07, 6.45) is 0. The molecule has 0 saturated heterocycles. The molecule has 16 heavy (non-hydrogen) atoms. The molecule has 0 aliphatic carbocycles. The van der Waals surface area contributed by atoms with Crippen molar-refractivity contribution in [2.75, 3.05) is 0 Å². The van der Waals surface area contributed by atoms with Crippen LogP contribution in [-0.2, 0) is 0 Å². The van der Waals surface area contributed by atoms with Gasteiger partial charge in [0.25, 0.3) is 0 Å². The molecule has 0 bridgehead atoms. The molecule has 2 rings (SSSR count). The van der Waals surface area contributed by atoms with Gasteiger partial charge in [0.05, 0.1) is 0 Å². The Bertz CT molecular complexity index is 455. The van der Waals surface area contributed by atoms with Crippen LogP contribution in [0, 0.1) is 6.92 Å². The van der Waals surface area contributed by atoms with Crippen molar-refractivity contribution in [1.29, 1.82) is 0 Å². The standard InChI is InChI=1S/C13H12S2.Na.H/c1-10-7-8-12(14)13(9-10)15-11-5-3-2-4-6-11;;/h2-9,14H,1H3;;. The Hall–Kier alpha value is 0.140. The van der Waals surface area contributed by atoms with Crippen molar-refractivity contribution < 1.29 is 0 Å². The Kier molecular flexibility index (Phi) is 6.01. The topological polar surface area (TPSA) is 0 Å². The predicted molar refractivity (Wildman–Crippen MR) is 76.1 cm³/mol. The van der Waals surface area contributed by atoms with E-state index in [4.69, 9.17) is 0 Å². The second-order valence-corrected chi connectivity index (χ2v) is 4.98. The summed E-state index contributed by atoms with van der Waals surface area (Å²) in [4.78, 5) is 3.50. The summed E-state index contributed by atoms with van der Waals surface area (Å²) in [5.74, 6) is 0. The van der Waals surface area contributed by atoms with E-state index in [2.05, 4.69) is 56.0 Å². The number of hydrogen-bond donors (Lipinski definition) is 1. The van der Waals surface area contributed by atoms with Gasteiger partial charge in [0.1, 0.15) is 0 Å². The average molecular weight is 256 g/mol. The monoisotopic (exact) mass is 256 g/mol. The first-order chi connectivity index (χ1) is 7.25. The summed E-state index contributed by atoms with van der Waals surface area (Å²) in [5.41, 5.74) is 1.27. The number of hydrogen-bond acceptors (Lipinski definition) is 2. The molecule has 0 spiro atoms. The third kappa shape index (κ3) is 3.86. The van der Waals surface area contributed by atoms with Crippen LogP contribution < -0.4 is 0 Å². The number of aryl methyl sites for hydroxylation is 1. The first kappa shape index (κ1) is 14.2. The average Bonchev–Trinajstić information content (AvgIpc) is 2.25. The van der Waals surface area contributed by atoms with Gasteiger partial charge in [0.2, 0.25) is 0 Å². The minimum absolute atomic E-state index is 0. The van der Waals surface area contributed by atoms with E-state index in [1.165, 1.54) is 15.4 Å². The van der Waals surface area contributed by atoms with E-state index >= 15 is 0 Å². The van der Waals surface area contributed by atoms with E-state index in [-0.39, 0.29) is 29.6 Å². The van der Waals surface area contributed by atoms with E-state index in [0.29, 0.717) is 0 Å². The zero-order valence-corrected chi connectivity index (χ0v) is 10.2. The zero-order chi connectivity index (χ0) is 10.7. The fourth-order valence-corrected chi connectivity index (χ4v) is 2.56. The summed E-state index contributed by atoms with van der Waals surface area (Å²) in [7, 11) is 0. The first-order valence-corrected chi connectivity index (χ1v) is 6.04. The van der Waals surface area contributed by atoms with Crippen LogP contribution in [0.1, 0.15) is 5.56 Å². The molecule has 0 nitrogen and oxygen atoms in total. The molecule has 0 aliphatic heterocycles. The van der Waals surface area contributed by atoms with Crippen molar-refractivity contribution >= 4 is 53.9 Å². The van der Waals surface area contributed by atoms with E-state index in [0.717, 1.165) is 4.90 Å². The molecule has 2 aromatic carbocycles. The van der Waals surface area contributed by atoms with Crippen molar-refractivity contribution in [1.82, 2.24) is 0 Å². The fraction of sp³-hybridized carbons (Fsp3) is 0.0769. The Morgan fingerprint density at radius 2 is 1.69 bits per heavy atom. The van der Waals surface area contributed by atoms with Crippen LogP contribution in [0.4, 0.5) is 0 Å². The van der Waals surface area contributed by atoms with Gasteiger partial charge in [-0.05, 0) is 36.8 Å². The molecule has 0 fully saturated rings. The van der Waals surface area contributed by atoms with Crippen LogP contribution in [-0.4, -0.2) is 29.6 Å². The molecule has 0 heterocycles. The molecule has 3 heteroatoms. The zero-order valence-electron chi connectivity index (χ0n) is 8.47. The van der Waals surface area contributed by atoms with Gasteiger partial charge >= 0.3 is 29.6 Å². The third-order valence-electron chi connectivity index (χ3n) is 2.09. The molecule has 0 unspecified atom stereocenters. The van der Waals surface area contributed by atoms with Crippen LogP contribution >= 0.6 is 24.4 Å². The molecule has 0 saturated carbocycles. The van der Waals surface area contributed by atoms with Crippen molar-refractivity contribution in [3.05, 3.63) is 54.1 Å². The van der Waals surface area contributed by atoms with E-state index in [9.17, 15) is 0 Å². The molecule has 0 aliphatic rings. The summed E-state index contributed by atoms with van der Waals surface area (Å²) < 4.78 is 0. The van der Waals surface area contributed by atoms with E-state index in [1.54, 1.807) is 11.8 Å². The van der Waals surface area contributed by atoms with E-state index in [1.807, 2.05) is 12.1 Å². The van der Waals surface area contributed by atoms with Crippen LogP contribution in [0.25, 0.3) is 0 Å².